The van der Waals surface area contributed by atoms with Gasteiger partial charge in [0.2, 0.25) is 5.91 Å². The molecule has 0 saturated carbocycles. The maximum Gasteiger partial charge on any atom is 0.249 e. The van der Waals surface area contributed by atoms with Crippen LogP contribution in [0.3, 0.4) is 0 Å². The number of aliphatic hydroxyl groups is 2. The quantitative estimate of drug-likeness (QED) is 0.0739. The van der Waals surface area contributed by atoms with Gasteiger partial charge in [-0.15, -0.1) is 5.10 Å². The first-order valence-electron chi connectivity index (χ1n) is 19.6. The topological polar surface area (TPSA) is 142 Å². The van der Waals surface area contributed by atoms with Crippen molar-refractivity contribution in [3.63, 3.8) is 0 Å². The van der Waals surface area contributed by atoms with E-state index in [1.807, 2.05) is 96.5 Å². The fourth-order valence-corrected chi connectivity index (χ4v) is 11.1. The second kappa shape index (κ2) is 18.1. The highest BCUT2D eigenvalue weighted by atomic mass is 28.4. The maximum absolute atomic E-state index is 13.9. The van der Waals surface area contributed by atoms with Crippen molar-refractivity contribution in [2.75, 3.05) is 31.3 Å². The Morgan fingerprint density at radius 1 is 1.02 bits per heavy atom. The molecule has 0 radical (unpaired) electrons. The molecule has 4 aromatic rings. The van der Waals surface area contributed by atoms with Crippen molar-refractivity contribution >= 4 is 25.6 Å². The lowest BCUT2D eigenvalue weighted by molar-refractivity contribution is -0.120. The van der Waals surface area contributed by atoms with Gasteiger partial charge in [-0.3, -0.25) is 14.4 Å². The number of benzene rings is 3. The van der Waals surface area contributed by atoms with E-state index in [4.69, 9.17) is 9.47 Å². The van der Waals surface area contributed by atoms with Crippen LogP contribution in [0.5, 0.6) is 5.75 Å². The third kappa shape index (κ3) is 9.30. The normalized spacial score (nSPS) is 22.0. The molecule has 1 aromatic heterocycles. The second-order valence-corrected chi connectivity index (χ2v) is 19.3. The molecule has 0 spiro atoms. The van der Waals surface area contributed by atoms with Crippen LogP contribution in [0.2, 0.25) is 18.6 Å². The van der Waals surface area contributed by atoms with Gasteiger partial charge in [-0.2, -0.15) is 0 Å². The molecule has 0 aliphatic carbocycles. The van der Waals surface area contributed by atoms with E-state index < -0.39 is 8.32 Å². The maximum atomic E-state index is 13.9. The van der Waals surface area contributed by atoms with Crippen LogP contribution in [0.1, 0.15) is 67.8 Å². The number of nitrogens with zero attached hydrogens (tertiary/aromatic N) is 4. The molecule has 11 nitrogen and oxygen atoms in total. The first-order valence-corrected chi connectivity index (χ1v) is 22.6. The van der Waals surface area contributed by atoms with E-state index in [0.29, 0.717) is 39.0 Å². The molecule has 2 aliphatic heterocycles. The van der Waals surface area contributed by atoms with Crippen molar-refractivity contribution in [2.24, 2.45) is 5.92 Å². The summed E-state index contributed by atoms with van der Waals surface area (Å²) in [4.78, 5) is 27.1. The third-order valence-electron chi connectivity index (χ3n) is 11.1. The number of ether oxygens (including phenoxy) is 2. The Bertz CT molecular complexity index is 1800. The van der Waals surface area contributed by atoms with Gasteiger partial charge in [0.25, 0.3) is 0 Å². The lowest BCUT2D eigenvalue weighted by atomic mass is 9.94. The number of carbonyl (C=O) groups excluding carboxylic acids is 1. The number of amides is 1. The zero-order chi connectivity index (χ0) is 38.2. The van der Waals surface area contributed by atoms with E-state index in [0.717, 1.165) is 58.8 Å². The number of carbonyl (C=O) groups is 1. The summed E-state index contributed by atoms with van der Waals surface area (Å²) in [6.07, 6.45) is 6.26. The fourth-order valence-electron chi connectivity index (χ4n) is 8.42. The Kier molecular flexibility index (Phi) is 13.4. The molecule has 3 heterocycles. The molecule has 2 unspecified atom stereocenters. The van der Waals surface area contributed by atoms with E-state index in [2.05, 4.69) is 34.7 Å². The molecule has 290 valence electrons. The number of anilines is 2. The van der Waals surface area contributed by atoms with Crippen LogP contribution in [0.4, 0.5) is 11.4 Å². The van der Waals surface area contributed by atoms with Gasteiger partial charge in [0, 0.05) is 30.6 Å². The summed E-state index contributed by atoms with van der Waals surface area (Å²) in [5.74, 6) is 0.776. The lowest BCUT2D eigenvalue weighted by Crippen LogP contribution is -2.49. The van der Waals surface area contributed by atoms with E-state index in [-0.39, 0.29) is 54.7 Å². The molecular formula is C42H57N5O6Si. The SMILES string of the molecule is CCOc1ccc2c(c1)CC(NCCCCO)C(=O)N2c1ccc(CC[C@@H]2O[C@H](CCn3cc(C(CO)c4ccccc4)nn3)[C@@H]([Si](C)(C)O)[C@@H]2C)cc1. The van der Waals surface area contributed by atoms with Crippen molar-refractivity contribution in [1.82, 2.24) is 20.3 Å². The van der Waals surface area contributed by atoms with Gasteiger partial charge in [0.05, 0.1) is 48.8 Å². The van der Waals surface area contributed by atoms with Gasteiger partial charge in [0.15, 0.2) is 8.32 Å². The molecular weight excluding hydrogens is 699 g/mol. The molecule has 1 amide bonds. The van der Waals surface area contributed by atoms with Crippen LogP contribution in [-0.2, 0) is 28.9 Å². The number of hydrogen-bond donors (Lipinski definition) is 4. The van der Waals surface area contributed by atoms with Gasteiger partial charge >= 0.3 is 0 Å². The molecule has 0 bridgehead atoms. The molecule has 6 rings (SSSR count). The number of hydrogen-bond acceptors (Lipinski definition) is 9. The van der Waals surface area contributed by atoms with Gasteiger partial charge in [-0.25, -0.2) is 0 Å². The zero-order valence-electron chi connectivity index (χ0n) is 32.1. The third-order valence-corrected chi connectivity index (χ3v) is 13.6. The Balaban J connectivity index is 1.10. The summed E-state index contributed by atoms with van der Waals surface area (Å²) in [6, 6.07) is 23.7. The summed E-state index contributed by atoms with van der Waals surface area (Å²) in [6.45, 7) is 10.1. The predicted octanol–water partition coefficient (Wildman–Crippen LogP) is 5.75. The average molecular weight is 756 g/mol. The minimum atomic E-state index is -2.56. The minimum Gasteiger partial charge on any atom is -0.494 e. The molecule has 4 N–H and O–H groups in total. The number of aromatic nitrogens is 3. The number of nitrogens with one attached hydrogen (secondary N) is 1. The smallest absolute Gasteiger partial charge is 0.249 e. The monoisotopic (exact) mass is 755 g/mol. The predicted molar refractivity (Wildman–Crippen MR) is 213 cm³/mol. The second-order valence-electron chi connectivity index (χ2n) is 15.3. The van der Waals surface area contributed by atoms with Crippen LogP contribution < -0.4 is 15.0 Å². The summed E-state index contributed by atoms with van der Waals surface area (Å²) in [7, 11) is -2.56. The molecule has 54 heavy (non-hydrogen) atoms. The largest absolute Gasteiger partial charge is 0.494 e. The van der Waals surface area contributed by atoms with E-state index in [1.54, 1.807) is 0 Å². The lowest BCUT2D eigenvalue weighted by Gasteiger charge is -2.35. The molecule has 1 fully saturated rings. The van der Waals surface area contributed by atoms with Crippen LogP contribution >= 0.6 is 0 Å². The average Bonchev–Trinajstić information content (AvgIpc) is 3.76. The fraction of sp³-hybridized carbons (Fsp3) is 0.500. The number of fused-ring (bicyclic) bond motifs is 1. The summed E-state index contributed by atoms with van der Waals surface area (Å²) in [5, 5.41) is 31.5. The summed E-state index contributed by atoms with van der Waals surface area (Å²) in [5.41, 5.74) is 5.73. The van der Waals surface area contributed by atoms with Crippen LogP contribution in [0.15, 0.2) is 79.0 Å². The highest BCUT2D eigenvalue weighted by Gasteiger charge is 2.49. The zero-order valence-corrected chi connectivity index (χ0v) is 33.1. The highest BCUT2D eigenvalue weighted by Crippen LogP contribution is 2.46. The summed E-state index contributed by atoms with van der Waals surface area (Å²) < 4.78 is 14.4. The van der Waals surface area contributed by atoms with Crippen molar-refractivity contribution in [2.45, 2.75) is 102 Å². The summed E-state index contributed by atoms with van der Waals surface area (Å²) >= 11 is 0. The van der Waals surface area contributed by atoms with Gasteiger partial charge < -0.3 is 29.8 Å². The van der Waals surface area contributed by atoms with Crippen molar-refractivity contribution < 1.29 is 29.3 Å². The first kappa shape index (κ1) is 39.8. The van der Waals surface area contributed by atoms with Crippen LogP contribution in [-0.4, -0.2) is 88.8 Å². The molecule has 1 saturated heterocycles. The standard InChI is InChI=1S/C42H57N5O6Si/c1-5-52-34-18-19-38-32(25-34)26-36(43-22-9-10-24-48)42(50)47(38)33-16-13-30(14-17-33)15-20-39-29(2)41(54(3,4)51)40(53-39)21-23-46-27-37(44-45-46)35(28-49)31-11-7-6-8-12-31/h6-8,11-14,16-19,25,27,29,35-36,39-41,43,48-49,51H,5,9-10,15,20-24,26,28H2,1-4H3/t29-,35?,36?,39+,40-,41+/m1/s1. The Labute approximate surface area is 320 Å². The minimum absolute atomic E-state index is 0.00880. The van der Waals surface area contributed by atoms with E-state index >= 15 is 0 Å². The van der Waals surface area contributed by atoms with Gasteiger partial charge in [-0.05, 0) is 118 Å². The Morgan fingerprint density at radius 2 is 1.80 bits per heavy atom. The first-order chi connectivity index (χ1) is 26.1. The van der Waals surface area contributed by atoms with E-state index in [1.165, 1.54) is 0 Å². The number of rotatable bonds is 18. The Morgan fingerprint density at radius 3 is 2.50 bits per heavy atom. The number of unbranched alkanes of at least 4 members (excludes halogenated alkanes) is 1. The highest BCUT2D eigenvalue weighted by molar-refractivity contribution is 6.71. The van der Waals surface area contributed by atoms with E-state index in [9.17, 15) is 19.8 Å². The molecule has 2 aliphatic rings. The van der Waals surface area contributed by atoms with Crippen molar-refractivity contribution in [3.8, 4) is 5.75 Å². The molecule has 12 heteroatoms. The van der Waals surface area contributed by atoms with Crippen molar-refractivity contribution in [3.05, 3.63) is 101 Å². The van der Waals surface area contributed by atoms with Gasteiger partial charge in [0.1, 0.15) is 5.75 Å². The van der Waals surface area contributed by atoms with Crippen LogP contribution in [0, 0.1) is 5.92 Å². The Hall–Kier alpha value is -3.91. The molecule has 6 atom stereocenters. The number of aryl methyl sites for hydroxylation is 2. The number of aliphatic hydroxyl groups excluding tert-OH is 2. The van der Waals surface area contributed by atoms with Crippen LogP contribution in [0.25, 0.3) is 0 Å². The molecule has 3 aromatic carbocycles. The van der Waals surface area contributed by atoms with Crippen molar-refractivity contribution in [1.29, 1.82) is 0 Å². The van der Waals surface area contributed by atoms with Gasteiger partial charge in [-0.1, -0.05) is 54.6 Å².